The molecule has 0 fully saturated rings. The number of hydrazone groups is 1. The molecular weight excluding hydrogens is 223 g/mol. The number of urea groups is 1. The highest BCUT2D eigenvalue weighted by Crippen LogP contribution is 2.18. The molecule has 0 atom stereocenters. The molecule has 5 nitrogen and oxygen atoms in total. The zero-order chi connectivity index (χ0) is 12.3. The zero-order valence-electron chi connectivity index (χ0n) is 8.72. The summed E-state index contributed by atoms with van der Waals surface area (Å²) in [6, 6.07) is 5.34. The van der Waals surface area contributed by atoms with Crippen molar-refractivity contribution < 1.29 is 9.18 Å². The van der Waals surface area contributed by atoms with Crippen LogP contribution in [0.25, 0.3) is 10.9 Å². The smallest absolute Gasteiger partial charge is 0.332 e. The quantitative estimate of drug-likeness (QED) is 0.605. The lowest BCUT2D eigenvalue weighted by atomic mass is 10.1. The van der Waals surface area contributed by atoms with E-state index in [1.165, 1.54) is 18.3 Å². The van der Waals surface area contributed by atoms with E-state index in [2.05, 4.69) is 15.5 Å². The van der Waals surface area contributed by atoms with Crippen molar-refractivity contribution in [1.29, 1.82) is 0 Å². The Kier molecular flexibility index (Phi) is 2.95. The van der Waals surface area contributed by atoms with Gasteiger partial charge >= 0.3 is 6.03 Å². The van der Waals surface area contributed by atoms with Gasteiger partial charge in [0.1, 0.15) is 5.82 Å². The maximum Gasteiger partial charge on any atom is 0.332 e. The third kappa shape index (κ3) is 2.36. The number of nitrogens with zero attached hydrogens (tertiary/aromatic N) is 2. The Morgan fingerprint density at radius 1 is 1.47 bits per heavy atom. The molecule has 0 aliphatic rings. The summed E-state index contributed by atoms with van der Waals surface area (Å²) in [7, 11) is 0. The van der Waals surface area contributed by atoms with E-state index in [1.807, 2.05) is 0 Å². The molecule has 0 saturated heterocycles. The van der Waals surface area contributed by atoms with Crippen molar-refractivity contribution in [2.24, 2.45) is 10.8 Å². The van der Waals surface area contributed by atoms with Crippen molar-refractivity contribution in [3.05, 3.63) is 41.8 Å². The van der Waals surface area contributed by atoms with Crippen molar-refractivity contribution in [3.63, 3.8) is 0 Å². The molecule has 0 unspecified atom stereocenters. The number of carbonyl (C=O) groups excluding carboxylic acids is 1. The predicted octanol–water partition coefficient (Wildman–Crippen LogP) is 1.38. The van der Waals surface area contributed by atoms with Gasteiger partial charge in [0.05, 0.1) is 11.7 Å². The number of nitrogens with one attached hydrogen (secondary N) is 1. The van der Waals surface area contributed by atoms with Crippen molar-refractivity contribution in [3.8, 4) is 0 Å². The minimum absolute atomic E-state index is 0.354. The molecule has 1 aromatic heterocycles. The van der Waals surface area contributed by atoms with Crippen LogP contribution in [-0.2, 0) is 0 Å². The van der Waals surface area contributed by atoms with Gasteiger partial charge in [0, 0.05) is 17.1 Å². The van der Waals surface area contributed by atoms with E-state index in [1.54, 1.807) is 18.3 Å². The molecule has 86 valence electrons. The van der Waals surface area contributed by atoms with E-state index < -0.39 is 6.03 Å². The molecule has 6 heteroatoms. The lowest BCUT2D eigenvalue weighted by Crippen LogP contribution is -2.24. The van der Waals surface area contributed by atoms with E-state index in [0.29, 0.717) is 16.5 Å². The number of amides is 2. The van der Waals surface area contributed by atoms with Gasteiger partial charge in [0.2, 0.25) is 0 Å². The number of pyridine rings is 1. The number of aromatic nitrogens is 1. The van der Waals surface area contributed by atoms with Gasteiger partial charge < -0.3 is 5.73 Å². The number of hydrogen-bond donors (Lipinski definition) is 2. The average Bonchev–Trinajstić information content (AvgIpc) is 2.32. The number of halogens is 1. The molecule has 0 radical (unpaired) electrons. The fourth-order valence-electron chi connectivity index (χ4n) is 1.43. The second-order valence-electron chi connectivity index (χ2n) is 3.27. The van der Waals surface area contributed by atoms with Gasteiger partial charge in [-0.1, -0.05) is 0 Å². The lowest BCUT2D eigenvalue weighted by Gasteiger charge is -2.01. The van der Waals surface area contributed by atoms with E-state index in [-0.39, 0.29) is 5.82 Å². The first-order valence-corrected chi connectivity index (χ1v) is 4.80. The van der Waals surface area contributed by atoms with Gasteiger partial charge in [-0.2, -0.15) is 5.10 Å². The molecule has 1 heterocycles. The molecule has 17 heavy (non-hydrogen) atoms. The molecular formula is C11H9FN4O. The number of nitrogens with two attached hydrogens (primary N) is 1. The second-order valence-corrected chi connectivity index (χ2v) is 3.27. The summed E-state index contributed by atoms with van der Waals surface area (Å²) >= 11 is 0. The lowest BCUT2D eigenvalue weighted by molar-refractivity contribution is 0.249. The minimum atomic E-state index is -0.763. The number of hydrogen-bond acceptors (Lipinski definition) is 3. The van der Waals surface area contributed by atoms with Gasteiger partial charge in [-0.25, -0.2) is 14.6 Å². The molecule has 0 aliphatic carbocycles. The largest absolute Gasteiger partial charge is 0.350 e. The van der Waals surface area contributed by atoms with Crippen LogP contribution in [0.4, 0.5) is 9.18 Å². The van der Waals surface area contributed by atoms with Crippen LogP contribution in [0.15, 0.2) is 35.6 Å². The summed E-state index contributed by atoms with van der Waals surface area (Å²) < 4.78 is 13.4. The van der Waals surface area contributed by atoms with E-state index >= 15 is 0 Å². The first kappa shape index (κ1) is 11.0. The van der Waals surface area contributed by atoms with Gasteiger partial charge in [0.15, 0.2) is 0 Å². The average molecular weight is 232 g/mol. The number of primary amides is 1. The van der Waals surface area contributed by atoms with Crippen LogP contribution >= 0.6 is 0 Å². The molecule has 2 amide bonds. The number of benzene rings is 1. The van der Waals surface area contributed by atoms with Crippen molar-refractivity contribution in [1.82, 2.24) is 10.4 Å². The first-order valence-electron chi connectivity index (χ1n) is 4.80. The standard InChI is InChI=1S/C11H9FN4O/c12-9-4-3-7(6-15-16-11(13)17)10-8(9)2-1-5-14-10/h1-6H,(H3,13,16,17). The number of carbonyl (C=O) groups is 1. The van der Waals surface area contributed by atoms with Gasteiger partial charge in [-0.05, 0) is 24.3 Å². The van der Waals surface area contributed by atoms with Crippen LogP contribution in [0.1, 0.15) is 5.56 Å². The van der Waals surface area contributed by atoms with E-state index in [0.717, 1.165) is 0 Å². The summed E-state index contributed by atoms with van der Waals surface area (Å²) in [6.45, 7) is 0. The van der Waals surface area contributed by atoms with Crippen molar-refractivity contribution in [2.75, 3.05) is 0 Å². The SMILES string of the molecule is NC(=O)NN=Cc1ccc(F)c2cccnc12. The van der Waals surface area contributed by atoms with Crippen LogP contribution < -0.4 is 11.2 Å². The first-order chi connectivity index (χ1) is 8.18. The summed E-state index contributed by atoms with van der Waals surface area (Å²) in [5, 5.41) is 4.01. The van der Waals surface area contributed by atoms with Crippen molar-refractivity contribution >= 4 is 23.1 Å². The highest BCUT2D eigenvalue weighted by molar-refractivity contribution is 5.97. The van der Waals surface area contributed by atoms with Gasteiger partial charge in [0.25, 0.3) is 0 Å². The van der Waals surface area contributed by atoms with Crippen LogP contribution in [0, 0.1) is 5.82 Å². The number of fused-ring (bicyclic) bond motifs is 1. The maximum atomic E-state index is 13.4. The van der Waals surface area contributed by atoms with E-state index in [4.69, 9.17) is 5.73 Å². The monoisotopic (exact) mass is 232 g/mol. The molecule has 1 aromatic carbocycles. The summed E-state index contributed by atoms with van der Waals surface area (Å²) in [5.74, 6) is -0.354. The second kappa shape index (κ2) is 4.56. The Labute approximate surface area is 96.1 Å². The van der Waals surface area contributed by atoms with Crippen LogP contribution in [0.5, 0.6) is 0 Å². The summed E-state index contributed by atoms with van der Waals surface area (Å²) in [5.41, 5.74) is 7.98. The molecule has 3 N–H and O–H groups in total. The Hall–Kier alpha value is -2.50. The Morgan fingerprint density at radius 3 is 3.06 bits per heavy atom. The minimum Gasteiger partial charge on any atom is -0.350 e. The highest BCUT2D eigenvalue weighted by atomic mass is 19.1. The topological polar surface area (TPSA) is 80.4 Å². The van der Waals surface area contributed by atoms with Crippen molar-refractivity contribution in [2.45, 2.75) is 0 Å². The Bertz CT molecular complexity index is 597. The van der Waals surface area contributed by atoms with Gasteiger partial charge in [-0.3, -0.25) is 4.98 Å². The molecule has 0 saturated carbocycles. The third-order valence-corrected chi connectivity index (χ3v) is 2.13. The van der Waals surface area contributed by atoms with Crippen LogP contribution in [0.3, 0.4) is 0 Å². The molecule has 2 aromatic rings. The normalized spacial score (nSPS) is 10.9. The van der Waals surface area contributed by atoms with Crippen LogP contribution in [0.2, 0.25) is 0 Å². The highest BCUT2D eigenvalue weighted by Gasteiger charge is 2.04. The number of rotatable bonds is 2. The Balaban J connectivity index is 2.45. The maximum absolute atomic E-state index is 13.4. The summed E-state index contributed by atoms with van der Waals surface area (Å²) in [6.07, 6.45) is 2.92. The Morgan fingerprint density at radius 2 is 2.29 bits per heavy atom. The molecule has 0 spiro atoms. The molecule has 0 bridgehead atoms. The predicted molar refractivity (Wildman–Crippen MR) is 62.0 cm³/mol. The summed E-state index contributed by atoms with van der Waals surface area (Å²) in [4.78, 5) is 14.5. The molecule has 2 rings (SSSR count). The van der Waals surface area contributed by atoms with Gasteiger partial charge in [-0.15, -0.1) is 0 Å². The van der Waals surface area contributed by atoms with Crippen LogP contribution in [-0.4, -0.2) is 17.2 Å². The van der Waals surface area contributed by atoms with E-state index in [9.17, 15) is 9.18 Å². The zero-order valence-corrected chi connectivity index (χ0v) is 8.72. The fourth-order valence-corrected chi connectivity index (χ4v) is 1.43. The fraction of sp³-hybridized carbons (Fsp3) is 0. The molecule has 0 aliphatic heterocycles. The third-order valence-electron chi connectivity index (χ3n) is 2.13.